The fourth-order valence-corrected chi connectivity index (χ4v) is 0.927. The predicted molar refractivity (Wildman–Crippen MR) is 51.6 cm³/mol. The van der Waals surface area contributed by atoms with Crippen LogP contribution in [0.25, 0.3) is 0 Å². The summed E-state index contributed by atoms with van der Waals surface area (Å²) < 4.78 is 0. The zero-order chi connectivity index (χ0) is 9.11. The highest BCUT2D eigenvalue weighted by atomic mass is 15.1. The fourth-order valence-electron chi connectivity index (χ4n) is 0.927. The summed E-state index contributed by atoms with van der Waals surface area (Å²) >= 11 is 0. The van der Waals surface area contributed by atoms with Crippen molar-refractivity contribution in [2.45, 2.75) is 20.3 Å². The van der Waals surface area contributed by atoms with E-state index in [2.05, 4.69) is 24.5 Å². The largest absolute Gasteiger partial charge is 0.333 e. The van der Waals surface area contributed by atoms with Crippen LogP contribution in [0, 0.1) is 0 Å². The van der Waals surface area contributed by atoms with Crippen LogP contribution in [0.2, 0.25) is 0 Å². The van der Waals surface area contributed by atoms with Gasteiger partial charge in [0.1, 0.15) is 0 Å². The number of hydrogen-bond donors (Lipinski definition) is 2. The quantitative estimate of drug-likeness (QED) is 0.608. The van der Waals surface area contributed by atoms with E-state index in [1.165, 1.54) is 20.0 Å². The maximum Gasteiger partial charge on any atom is 0.0104 e. The molecule has 70 valence electrons. The second kappa shape index (κ2) is 12.5. The third-order valence-corrected chi connectivity index (χ3v) is 1.43. The molecule has 0 atom stereocenters. The molecule has 0 saturated carbocycles. The lowest BCUT2D eigenvalue weighted by Gasteiger charge is -2.17. The summed E-state index contributed by atoms with van der Waals surface area (Å²) in [4.78, 5) is 2.36. The van der Waals surface area contributed by atoms with Crippen molar-refractivity contribution in [1.29, 1.82) is 0 Å². The van der Waals surface area contributed by atoms with E-state index in [1.807, 2.05) is 0 Å². The minimum atomic E-state index is 0.786. The number of likely N-dealkylation sites (N-methyl/N-ethyl adjacent to an activating group) is 1. The number of rotatable bonds is 5. The monoisotopic (exact) mass is 161 g/mol. The van der Waals surface area contributed by atoms with Crippen LogP contribution < -0.4 is 11.5 Å². The Labute approximate surface area is 70.7 Å². The fraction of sp³-hybridized carbons (Fsp3) is 1.00. The lowest BCUT2D eigenvalue weighted by molar-refractivity contribution is 0.297. The van der Waals surface area contributed by atoms with E-state index in [0.29, 0.717) is 0 Å². The van der Waals surface area contributed by atoms with E-state index in [0.717, 1.165) is 19.6 Å². The summed E-state index contributed by atoms with van der Waals surface area (Å²) in [5, 5.41) is 0. The minimum absolute atomic E-state index is 0.786. The molecule has 0 aliphatic carbocycles. The third-order valence-electron chi connectivity index (χ3n) is 1.43. The summed E-state index contributed by atoms with van der Waals surface area (Å²) in [6, 6.07) is 0. The van der Waals surface area contributed by atoms with E-state index in [1.54, 1.807) is 0 Å². The van der Waals surface area contributed by atoms with Crippen LogP contribution in [0.3, 0.4) is 0 Å². The van der Waals surface area contributed by atoms with Crippen LogP contribution in [0.1, 0.15) is 20.3 Å². The van der Waals surface area contributed by atoms with Gasteiger partial charge in [-0.1, -0.05) is 13.8 Å². The molecule has 3 nitrogen and oxygen atoms in total. The smallest absolute Gasteiger partial charge is 0.0104 e. The molecular weight excluding hydrogens is 138 g/mol. The maximum absolute atomic E-state index is 5.39. The second-order valence-corrected chi connectivity index (χ2v) is 2.22. The molecule has 11 heavy (non-hydrogen) atoms. The minimum Gasteiger partial charge on any atom is -0.333 e. The van der Waals surface area contributed by atoms with Gasteiger partial charge in [-0.3, -0.25) is 0 Å². The van der Waals surface area contributed by atoms with Crippen LogP contribution >= 0.6 is 0 Å². The topological polar surface area (TPSA) is 55.3 Å². The molecule has 4 N–H and O–H groups in total. The zero-order valence-electron chi connectivity index (χ0n) is 8.14. The van der Waals surface area contributed by atoms with Gasteiger partial charge in [0, 0.05) is 13.1 Å². The molecule has 3 heteroatoms. The first kappa shape index (κ1) is 13.5. The van der Waals surface area contributed by atoms with E-state index in [-0.39, 0.29) is 0 Å². The number of hydrogen-bond acceptors (Lipinski definition) is 3. The Balaban J connectivity index is 0. The Morgan fingerprint density at radius 2 is 1.64 bits per heavy atom. The summed E-state index contributed by atoms with van der Waals surface area (Å²) in [6.07, 6.45) is 1.23. The van der Waals surface area contributed by atoms with Gasteiger partial charge in [-0.2, -0.15) is 0 Å². The van der Waals surface area contributed by atoms with Crippen LogP contribution in [0.15, 0.2) is 0 Å². The molecular formula is C8H23N3. The highest BCUT2D eigenvalue weighted by Gasteiger charge is 1.95. The van der Waals surface area contributed by atoms with Crippen LogP contribution in [0.5, 0.6) is 0 Å². The number of nitrogens with two attached hydrogens (primary N) is 2. The summed E-state index contributed by atoms with van der Waals surface area (Å²) in [7, 11) is 1.50. The lowest BCUT2D eigenvalue weighted by atomic mass is 10.4. The van der Waals surface area contributed by atoms with E-state index < -0.39 is 0 Å². The van der Waals surface area contributed by atoms with E-state index in [4.69, 9.17) is 5.73 Å². The van der Waals surface area contributed by atoms with Crippen molar-refractivity contribution in [2.24, 2.45) is 11.5 Å². The van der Waals surface area contributed by atoms with Gasteiger partial charge in [-0.05, 0) is 26.6 Å². The predicted octanol–water partition coefficient (Wildman–Crippen LogP) is 0.252. The standard InChI is InChI=1S/C7H18N2.CH5N/c1-3-6-9(4-2)7-5-8;1-2/h3-8H2,1-2H3;2H2,1H3. The van der Waals surface area contributed by atoms with Crippen molar-refractivity contribution in [3.05, 3.63) is 0 Å². The maximum atomic E-state index is 5.39. The molecule has 0 amide bonds. The Hall–Kier alpha value is -0.120. The lowest BCUT2D eigenvalue weighted by Crippen LogP contribution is -2.29. The Bertz CT molecular complexity index is 51.3. The average molecular weight is 161 g/mol. The van der Waals surface area contributed by atoms with Crippen LogP contribution in [0.4, 0.5) is 0 Å². The van der Waals surface area contributed by atoms with Gasteiger partial charge in [0.05, 0.1) is 0 Å². The highest BCUT2D eigenvalue weighted by molar-refractivity contribution is 4.52. The normalized spacial score (nSPS) is 9.27. The molecule has 0 saturated heterocycles. The Kier molecular flexibility index (Phi) is 15.4. The first-order chi connectivity index (χ1) is 5.35. The molecule has 0 aliphatic rings. The second-order valence-electron chi connectivity index (χ2n) is 2.22. The van der Waals surface area contributed by atoms with Gasteiger partial charge in [-0.25, -0.2) is 0 Å². The Morgan fingerprint density at radius 1 is 1.09 bits per heavy atom. The molecule has 0 fully saturated rings. The molecule has 0 heterocycles. The van der Waals surface area contributed by atoms with Crippen molar-refractivity contribution >= 4 is 0 Å². The van der Waals surface area contributed by atoms with Gasteiger partial charge < -0.3 is 16.4 Å². The molecule has 0 radical (unpaired) electrons. The van der Waals surface area contributed by atoms with Gasteiger partial charge in [-0.15, -0.1) is 0 Å². The summed E-state index contributed by atoms with van der Waals surface area (Å²) in [5.74, 6) is 0. The molecule has 0 aromatic rings. The molecule has 0 rings (SSSR count). The van der Waals surface area contributed by atoms with Crippen molar-refractivity contribution in [1.82, 2.24) is 4.90 Å². The van der Waals surface area contributed by atoms with Crippen molar-refractivity contribution in [2.75, 3.05) is 33.2 Å². The van der Waals surface area contributed by atoms with E-state index >= 15 is 0 Å². The molecule has 0 aromatic carbocycles. The van der Waals surface area contributed by atoms with Crippen molar-refractivity contribution in [3.8, 4) is 0 Å². The third kappa shape index (κ3) is 9.88. The van der Waals surface area contributed by atoms with Gasteiger partial charge in [0.2, 0.25) is 0 Å². The SMILES string of the molecule is CCCN(CC)CCN.CN. The molecule has 0 aromatic heterocycles. The molecule has 0 unspecified atom stereocenters. The van der Waals surface area contributed by atoms with E-state index in [9.17, 15) is 0 Å². The number of nitrogens with zero attached hydrogens (tertiary/aromatic N) is 1. The first-order valence-corrected chi connectivity index (χ1v) is 4.35. The van der Waals surface area contributed by atoms with Crippen molar-refractivity contribution < 1.29 is 0 Å². The molecule has 0 bridgehead atoms. The zero-order valence-corrected chi connectivity index (χ0v) is 8.14. The summed E-state index contributed by atoms with van der Waals surface area (Å²) in [6.45, 7) is 8.52. The Morgan fingerprint density at radius 3 is 1.91 bits per heavy atom. The van der Waals surface area contributed by atoms with Gasteiger partial charge in [0.15, 0.2) is 0 Å². The van der Waals surface area contributed by atoms with Crippen LogP contribution in [-0.2, 0) is 0 Å². The molecule has 0 aliphatic heterocycles. The average Bonchev–Trinajstić information content (AvgIpc) is 2.08. The van der Waals surface area contributed by atoms with Crippen LogP contribution in [-0.4, -0.2) is 38.1 Å². The first-order valence-electron chi connectivity index (χ1n) is 4.35. The summed E-state index contributed by atoms with van der Waals surface area (Å²) in [5.41, 5.74) is 9.89. The van der Waals surface area contributed by atoms with Crippen molar-refractivity contribution in [3.63, 3.8) is 0 Å². The van der Waals surface area contributed by atoms with Gasteiger partial charge >= 0.3 is 0 Å². The molecule has 0 spiro atoms. The van der Waals surface area contributed by atoms with Gasteiger partial charge in [0.25, 0.3) is 0 Å². The highest BCUT2D eigenvalue weighted by Crippen LogP contribution is 1.87.